The summed E-state index contributed by atoms with van der Waals surface area (Å²) in [5.41, 5.74) is 11.1. The Morgan fingerprint density at radius 1 is 1.05 bits per heavy atom. The molecule has 2 nitrogen and oxygen atoms in total. The van der Waals surface area contributed by atoms with E-state index in [9.17, 15) is 0 Å². The molecule has 0 aliphatic heterocycles. The molecule has 0 aromatic heterocycles. The van der Waals surface area contributed by atoms with Gasteiger partial charge in [-0.1, -0.05) is 55.3 Å². The molecule has 2 aromatic carbocycles. The minimum Gasteiger partial charge on any atom is -0.491 e. The first-order chi connectivity index (χ1) is 10.1. The van der Waals surface area contributed by atoms with Gasteiger partial charge < -0.3 is 10.5 Å². The summed E-state index contributed by atoms with van der Waals surface area (Å²) in [5, 5.41) is 0. The molecule has 0 aliphatic rings. The highest BCUT2D eigenvalue weighted by atomic mass is 16.5. The zero-order chi connectivity index (χ0) is 15.2. The standard InChI is InChI=1S/C19H25NO/c1-4-5-16-7-9-17(10-8-16)18(20)13-21-19-11-6-14(2)12-15(19)3/h6-12,18H,4-5,13,20H2,1-3H3. The first-order valence-corrected chi connectivity index (χ1v) is 7.64. The minimum atomic E-state index is -0.0959. The highest BCUT2D eigenvalue weighted by Gasteiger charge is 2.08. The number of benzene rings is 2. The summed E-state index contributed by atoms with van der Waals surface area (Å²) in [6.45, 7) is 6.84. The summed E-state index contributed by atoms with van der Waals surface area (Å²) in [6, 6.07) is 14.7. The maximum atomic E-state index is 6.22. The van der Waals surface area contributed by atoms with Gasteiger partial charge in [0.15, 0.2) is 0 Å². The first-order valence-electron chi connectivity index (χ1n) is 7.64. The average molecular weight is 283 g/mol. The van der Waals surface area contributed by atoms with Crippen LogP contribution in [0.1, 0.15) is 41.6 Å². The molecule has 2 heteroatoms. The van der Waals surface area contributed by atoms with Crippen LogP contribution in [0.5, 0.6) is 5.75 Å². The molecule has 0 spiro atoms. The molecule has 2 aromatic rings. The number of rotatable bonds is 6. The fourth-order valence-electron chi connectivity index (χ4n) is 2.46. The summed E-state index contributed by atoms with van der Waals surface area (Å²) in [7, 11) is 0. The van der Waals surface area contributed by atoms with Gasteiger partial charge >= 0.3 is 0 Å². The molecule has 2 rings (SSSR count). The molecular formula is C19H25NO. The minimum absolute atomic E-state index is 0.0959. The fraction of sp³-hybridized carbons (Fsp3) is 0.368. The summed E-state index contributed by atoms with van der Waals surface area (Å²) in [4.78, 5) is 0. The van der Waals surface area contributed by atoms with Crippen molar-refractivity contribution in [3.05, 3.63) is 64.7 Å². The molecule has 0 saturated heterocycles. The first kappa shape index (κ1) is 15.6. The van der Waals surface area contributed by atoms with E-state index in [2.05, 4.69) is 57.2 Å². The van der Waals surface area contributed by atoms with Crippen molar-refractivity contribution in [2.45, 2.75) is 39.7 Å². The van der Waals surface area contributed by atoms with Gasteiger partial charge in [0.05, 0.1) is 6.04 Å². The van der Waals surface area contributed by atoms with Gasteiger partial charge in [-0.15, -0.1) is 0 Å². The molecular weight excluding hydrogens is 258 g/mol. The molecule has 0 heterocycles. The van der Waals surface area contributed by atoms with Gasteiger partial charge in [0.2, 0.25) is 0 Å². The van der Waals surface area contributed by atoms with E-state index in [1.54, 1.807) is 0 Å². The van der Waals surface area contributed by atoms with E-state index >= 15 is 0 Å². The molecule has 0 radical (unpaired) electrons. The Labute approximate surface area is 127 Å². The molecule has 112 valence electrons. The maximum absolute atomic E-state index is 6.22. The number of aryl methyl sites for hydroxylation is 3. The molecule has 0 saturated carbocycles. The van der Waals surface area contributed by atoms with Crippen LogP contribution in [0, 0.1) is 13.8 Å². The van der Waals surface area contributed by atoms with Crippen LogP contribution < -0.4 is 10.5 Å². The van der Waals surface area contributed by atoms with Crippen LogP contribution in [0.4, 0.5) is 0 Å². The lowest BCUT2D eigenvalue weighted by molar-refractivity contribution is 0.289. The van der Waals surface area contributed by atoms with Gasteiger partial charge in [-0.2, -0.15) is 0 Å². The lowest BCUT2D eigenvalue weighted by Crippen LogP contribution is -2.19. The number of hydrogen-bond acceptors (Lipinski definition) is 2. The van der Waals surface area contributed by atoms with Gasteiger partial charge in [0.1, 0.15) is 12.4 Å². The highest BCUT2D eigenvalue weighted by Crippen LogP contribution is 2.21. The lowest BCUT2D eigenvalue weighted by Gasteiger charge is -2.15. The summed E-state index contributed by atoms with van der Waals surface area (Å²) >= 11 is 0. The van der Waals surface area contributed by atoms with Gasteiger partial charge in [0, 0.05) is 0 Å². The summed E-state index contributed by atoms with van der Waals surface area (Å²) in [5.74, 6) is 0.915. The average Bonchev–Trinajstić information content (AvgIpc) is 2.47. The Morgan fingerprint density at radius 3 is 2.38 bits per heavy atom. The van der Waals surface area contributed by atoms with Gasteiger partial charge in [-0.05, 0) is 43.0 Å². The van der Waals surface area contributed by atoms with Crippen LogP contribution in [-0.2, 0) is 6.42 Å². The second-order valence-electron chi connectivity index (χ2n) is 5.68. The molecule has 0 aliphatic carbocycles. The Balaban J connectivity index is 1.96. The van der Waals surface area contributed by atoms with E-state index in [1.807, 2.05) is 6.07 Å². The van der Waals surface area contributed by atoms with E-state index in [0.717, 1.165) is 23.3 Å². The van der Waals surface area contributed by atoms with Crippen LogP contribution in [0.3, 0.4) is 0 Å². The van der Waals surface area contributed by atoms with Crippen molar-refractivity contribution in [1.82, 2.24) is 0 Å². The maximum Gasteiger partial charge on any atom is 0.122 e. The van der Waals surface area contributed by atoms with Gasteiger partial charge in [-0.25, -0.2) is 0 Å². The van der Waals surface area contributed by atoms with Crippen LogP contribution >= 0.6 is 0 Å². The lowest BCUT2D eigenvalue weighted by atomic mass is 10.0. The van der Waals surface area contributed by atoms with E-state index in [-0.39, 0.29) is 6.04 Å². The van der Waals surface area contributed by atoms with E-state index in [1.165, 1.54) is 17.5 Å². The van der Waals surface area contributed by atoms with Crippen LogP contribution in [0.2, 0.25) is 0 Å². The number of ether oxygens (including phenoxy) is 1. The van der Waals surface area contributed by atoms with Crippen LogP contribution in [-0.4, -0.2) is 6.61 Å². The molecule has 1 atom stereocenters. The normalized spacial score (nSPS) is 12.2. The van der Waals surface area contributed by atoms with Crippen molar-refractivity contribution in [3.8, 4) is 5.75 Å². The zero-order valence-electron chi connectivity index (χ0n) is 13.2. The quantitative estimate of drug-likeness (QED) is 0.856. The molecule has 21 heavy (non-hydrogen) atoms. The smallest absolute Gasteiger partial charge is 0.122 e. The Hall–Kier alpha value is -1.80. The predicted octanol–water partition coefficient (Wildman–Crippen LogP) is 4.33. The van der Waals surface area contributed by atoms with Crippen molar-refractivity contribution < 1.29 is 4.74 Å². The van der Waals surface area contributed by atoms with Crippen LogP contribution in [0.25, 0.3) is 0 Å². The second kappa shape index (κ2) is 7.28. The van der Waals surface area contributed by atoms with E-state index in [0.29, 0.717) is 6.61 Å². The summed E-state index contributed by atoms with van der Waals surface area (Å²) < 4.78 is 5.86. The molecule has 1 unspecified atom stereocenters. The van der Waals surface area contributed by atoms with Gasteiger partial charge in [-0.3, -0.25) is 0 Å². The van der Waals surface area contributed by atoms with Crippen molar-refractivity contribution in [2.24, 2.45) is 5.73 Å². The molecule has 0 amide bonds. The van der Waals surface area contributed by atoms with Crippen molar-refractivity contribution in [3.63, 3.8) is 0 Å². The SMILES string of the molecule is CCCc1ccc(C(N)COc2ccc(C)cc2C)cc1. The van der Waals surface area contributed by atoms with Crippen molar-refractivity contribution in [1.29, 1.82) is 0 Å². The zero-order valence-corrected chi connectivity index (χ0v) is 13.2. The Bertz CT molecular complexity index is 575. The molecule has 0 fully saturated rings. The number of hydrogen-bond donors (Lipinski definition) is 1. The third kappa shape index (κ3) is 4.33. The van der Waals surface area contributed by atoms with Gasteiger partial charge in [0.25, 0.3) is 0 Å². The summed E-state index contributed by atoms with van der Waals surface area (Å²) in [6.07, 6.45) is 2.29. The Kier molecular flexibility index (Phi) is 5.40. The third-order valence-corrected chi connectivity index (χ3v) is 3.70. The predicted molar refractivity (Wildman–Crippen MR) is 88.8 cm³/mol. The largest absolute Gasteiger partial charge is 0.491 e. The van der Waals surface area contributed by atoms with Crippen molar-refractivity contribution >= 4 is 0 Å². The molecule has 2 N–H and O–H groups in total. The molecule has 0 bridgehead atoms. The van der Waals surface area contributed by atoms with Crippen LogP contribution in [0.15, 0.2) is 42.5 Å². The second-order valence-corrected chi connectivity index (χ2v) is 5.68. The Morgan fingerprint density at radius 2 is 1.76 bits per heavy atom. The van der Waals surface area contributed by atoms with Crippen molar-refractivity contribution in [2.75, 3.05) is 6.61 Å². The third-order valence-electron chi connectivity index (χ3n) is 3.70. The topological polar surface area (TPSA) is 35.2 Å². The van der Waals surface area contributed by atoms with E-state index < -0.39 is 0 Å². The number of nitrogens with two attached hydrogens (primary N) is 1. The van der Waals surface area contributed by atoms with E-state index in [4.69, 9.17) is 10.5 Å². The fourth-order valence-corrected chi connectivity index (χ4v) is 2.46. The monoisotopic (exact) mass is 283 g/mol. The highest BCUT2D eigenvalue weighted by molar-refractivity contribution is 5.35.